The average molecular weight is 375 g/mol. The highest BCUT2D eigenvalue weighted by Gasteiger charge is 1.99. The molecule has 2 rings (SSSR count). The second-order valence-corrected chi connectivity index (χ2v) is 5.79. The van der Waals surface area contributed by atoms with Crippen molar-refractivity contribution in [2.24, 2.45) is 0 Å². The molecule has 0 saturated carbocycles. The van der Waals surface area contributed by atoms with Gasteiger partial charge in [0, 0.05) is 21.2 Å². The van der Waals surface area contributed by atoms with Gasteiger partial charge in [-0.25, -0.2) is 0 Å². The SMILES string of the molecule is Clc1ccc(CNc2cccc(Br)c2)cc1Br. The van der Waals surface area contributed by atoms with E-state index in [-0.39, 0.29) is 0 Å². The number of benzene rings is 2. The molecule has 0 heterocycles. The number of halogens is 3. The lowest BCUT2D eigenvalue weighted by atomic mass is 10.2. The molecule has 0 atom stereocenters. The quantitative estimate of drug-likeness (QED) is 0.749. The average Bonchev–Trinajstić information content (AvgIpc) is 2.31. The summed E-state index contributed by atoms with van der Waals surface area (Å²) in [5.74, 6) is 0. The van der Waals surface area contributed by atoms with Gasteiger partial charge in [-0.15, -0.1) is 0 Å². The van der Waals surface area contributed by atoms with Gasteiger partial charge in [-0.2, -0.15) is 0 Å². The van der Waals surface area contributed by atoms with Crippen molar-refractivity contribution in [2.75, 3.05) is 5.32 Å². The summed E-state index contributed by atoms with van der Waals surface area (Å²) in [6.07, 6.45) is 0. The molecule has 0 aliphatic rings. The molecule has 2 aromatic rings. The second-order valence-electron chi connectivity index (χ2n) is 3.61. The van der Waals surface area contributed by atoms with E-state index in [1.807, 2.05) is 42.5 Å². The fourth-order valence-electron chi connectivity index (χ4n) is 1.45. The minimum Gasteiger partial charge on any atom is -0.381 e. The maximum atomic E-state index is 5.95. The first kappa shape index (κ1) is 12.9. The molecule has 4 heteroatoms. The van der Waals surface area contributed by atoms with Crippen LogP contribution in [0.1, 0.15) is 5.56 Å². The zero-order chi connectivity index (χ0) is 12.3. The molecule has 0 aliphatic heterocycles. The van der Waals surface area contributed by atoms with Gasteiger partial charge in [-0.05, 0) is 51.8 Å². The molecular formula is C13H10Br2ClN. The Balaban J connectivity index is 2.05. The molecule has 17 heavy (non-hydrogen) atoms. The molecule has 2 aromatic carbocycles. The number of nitrogens with one attached hydrogen (secondary N) is 1. The number of hydrogen-bond donors (Lipinski definition) is 1. The summed E-state index contributed by atoms with van der Waals surface area (Å²) < 4.78 is 1.99. The van der Waals surface area contributed by atoms with Crippen molar-refractivity contribution in [1.82, 2.24) is 0 Å². The van der Waals surface area contributed by atoms with Crippen LogP contribution >= 0.6 is 43.5 Å². The van der Waals surface area contributed by atoms with Crippen molar-refractivity contribution in [1.29, 1.82) is 0 Å². The zero-order valence-electron chi connectivity index (χ0n) is 8.88. The lowest BCUT2D eigenvalue weighted by Gasteiger charge is -2.07. The summed E-state index contributed by atoms with van der Waals surface area (Å²) in [4.78, 5) is 0. The van der Waals surface area contributed by atoms with Crippen LogP contribution in [-0.4, -0.2) is 0 Å². The zero-order valence-corrected chi connectivity index (χ0v) is 12.8. The fraction of sp³-hybridized carbons (Fsp3) is 0.0769. The van der Waals surface area contributed by atoms with E-state index in [0.717, 1.165) is 26.2 Å². The van der Waals surface area contributed by atoms with Crippen molar-refractivity contribution in [2.45, 2.75) is 6.54 Å². The van der Waals surface area contributed by atoms with Gasteiger partial charge in [0.05, 0.1) is 5.02 Å². The molecule has 0 bridgehead atoms. The molecule has 0 fully saturated rings. The van der Waals surface area contributed by atoms with Crippen molar-refractivity contribution >= 4 is 49.1 Å². The van der Waals surface area contributed by atoms with Crippen molar-refractivity contribution in [3.8, 4) is 0 Å². The highest BCUT2D eigenvalue weighted by molar-refractivity contribution is 9.10. The molecular weight excluding hydrogens is 365 g/mol. The van der Waals surface area contributed by atoms with Gasteiger partial charge in [-0.1, -0.05) is 39.7 Å². The first-order valence-corrected chi connectivity index (χ1v) is 7.05. The third kappa shape index (κ3) is 3.73. The summed E-state index contributed by atoms with van der Waals surface area (Å²) in [6.45, 7) is 0.770. The summed E-state index contributed by atoms with van der Waals surface area (Å²) in [7, 11) is 0. The Morgan fingerprint density at radius 3 is 2.59 bits per heavy atom. The van der Waals surface area contributed by atoms with Gasteiger partial charge >= 0.3 is 0 Å². The first-order valence-electron chi connectivity index (χ1n) is 5.08. The number of anilines is 1. The molecule has 1 nitrogen and oxygen atoms in total. The van der Waals surface area contributed by atoms with Crippen LogP contribution in [0.2, 0.25) is 5.02 Å². The van der Waals surface area contributed by atoms with Crippen molar-refractivity contribution < 1.29 is 0 Å². The summed E-state index contributed by atoms with van der Waals surface area (Å²) in [5.41, 5.74) is 2.27. The van der Waals surface area contributed by atoms with Crippen LogP contribution in [0.25, 0.3) is 0 Å². The summed E-state index contributed by atoms with van der Waals surface area (Å²) in [5, 5.41) is 4.09. The Labute approximate surface area is 122 Å². The van der Waals surface area contributed by atoms with Crippen LogP contribution in [0, 0.1) is 0 Å². The van der Waals surface area contributed by atoms with E-state index in [4.69, 9.17) is 11.6 Å². The molecule has 0 amide bonds. The van der Waals surface area contributed by atoms with Gasteiger partial charge in [0.15, 0.2) is 0 Å². The van der Waals surface area contributed by atoms with E-state index in [1.54, 1.807) is 0 Å². The van der Waals surface area contributed by atoms with Crippen LogP contribution in [0.3, 0.4) is 0 Å². The Morgan fingerprint density at radius 1 is 1.06 bits per heavy atom. The molecule has 0 aliphatic carbocycles. The molecule has 0 radical (unpaired) electrons. The lowest BCUT2D eigenvalue weighted by molar-refractivity contribution is 1.15. The monoisotopic (exact) mass is 373 g/mol. The Hall–Kier alpha value is -0.510. The standard InChI is InChI=1S/C13H10Br2ClN/c14-10-2-1-3-11(7-10)17-8-9-4-5-13(16)12(15)6-9/h1-7,17H,8H2. The van der Waals surface area contributed by atoms with Crippen LogP contribution in [-0.2, 0) is 6.54 Å². The van der Waals surface area contributed by atoms with Crippen LogP contribution in [0.15, 0.2) is 51.4 Å². The normalized spacial score (nSPS) is 10.3. The minimum absolute atomic E-state index is 0.733. The van der Waals surface area contributed by atoms with Gasteiger partial charge in [-0.3, -0.25) is 0 Å². The minimum atomic E-state index is 0.733. The molecule has 0 saturated heterocycles. The van der Waals surface area contributed by atoms with E-state index in [1.165, 1.54) is 5.56 Å². The predicted octanol–water partition coefficient (Wildman–Crippen LogP) is 5.48. The van der Waals surface area contributed by atoms with Crippen molar-refractivity contribution in [3.63, 3.8) is 0 Å². The van der Waals surface area contributed by atoms with Gasteiger partial charge in [0.2, 0.25) is 0 Å². The summed E-state index contributed by atoms with van der Waals surface area (Å²) >= 11 is 12.8. The maximum Gasteiger partial charge on any atom is 0.0548 e. The van der Waals surface area contributed by atoms with Gasteiger partial charge < -0.3 is 5.32 Å². The molecule has 0 unspecified atom stereocenters. The molecule has 88 valence electrons. The third-order valence-electron chi connectivity index (χ3n) is 2.31. The third-order valence-corrected chi connectivity index (χ3v) is 4.01. The van der Waals surface area contributed by atoms with E-state index in [0.29, 0.717) is 0 Å². The van der Waals surface area contributed by atoms with Gasteiger partial charge in [0.25, 0.3) is 0 Å². The summed E-state index contributed by atoms with van der Waals surface area (Å²) in [6, 6.07) is 14.0. The Bertz CT molecular complexity index is 529. The van der Waals surface area contributed by atoms with Crippen LogP contribution < -0.4 is 5.32 Å². The molecule has 0 spiro atoms. The largest absolute Gasteiger partial charge is 0.381 e. The number of rotatable bonds is 3. The predicted molar refractivity (Wildman–Crippen MR) is 80.6 cm³/mol. The second kappa shape index (κ2) is 5.89. The Morgan fingerprint density at radius 2 is 1.88 bits per heavy atom. The Kier molecular flexibility index (Phi) is 4.48. The van der Waals surface area contributed by atoms with E-state index >= 15 is 0 Å². The van der Waals surface area contributed by atoms with E-state index < -0.39 is 0 Å². The van der Waals surface area contributed by atoms with Crippen LogP contribution in [0.5, 0.6) is 0 Å². The lowest BCUT2D eigenvalue weighted by Crippen LogP contribution is -1.99. The van der Waals surface area contributed by atoms with Gasteiger partial charge in [0.1, 0.15) is 0 Å². The maximum absolute atomic E-state index is 5.95. The smallest absolute Gasteiger partial charge is 0.0548 e. The topological polar surface area (TPSA) is 12.0 Å². The van der Waals surface area contributed by atoms with Crippen molar-refractivity contribution in [3.05, 3.63) is 62.0 Å². The van der Waals surface area contributed by atoms with E-state index in [2.05, 4.69) is 37.2 Å². The number of hydrogen-bond acceptors (Lipinski definition) is 1. The first-order chi connectivity index (χ1) is 8.15. The fourth-order valence-corrected chi connectivity index (χ4v) is 2.40. The molecule has 1 N–H and O–H groups in total. The molecule has 0 aromatic heterocycles. The highest BCUT2D eigenvalue weighted by atomic mass is 79.9. The van der Waals surface area contributed by atoms with Crippen LogP contribution in [0.4, 0.5) is 5.69 Å². The van der Waals surface area contributed by atoms with E-state index in [9.17, 15) is 0 Å². The highest BCUT2D eigenvalue weighted by Crippen LogP contribution is 2.24.